The summed E-state index contributed by atoms with van der Waals surface area (Å²) >= 11 is 1.35. The lowest BCUT2D eigenvalue weighted by molar-refractivity contribution is -0.129. The van der Waals surface area contributed by atoms with Crippen LogP contribution in [0.25, 0.3) is 0 Å². The number of nitrogens with zero attached hydrogens (tertiary/aromatic N) is 2. The molecule has 27 heavy (non-hydrogen) atoms. The van der Waals surface area contributed by atoms with Gasteiger partial charge in [-0.15, -0.1) is 11.8 Å². The first-order valence-corrected chi connectivity index (χ1v) is 10.3. The van der Waals surface area contributed by atoms with E-state index in [2.05, 4.69) is 22.6 Å². The summed E-state index contributed by atoms with van der Waals surface area (Å²) in [5.41, 5.74) is 1.26. The Hall–Kier alpha value is -2.28. The molecule has 1 aromatic carbocycles. The van der Waals surface area contributed by atoms with Gasteiger partial charge >= 0.3 is 0 Å². The molecule has 7 heteroatoms. The van der Waals surface area contributed by atoms with E-state index in [0.717, 1.165) is 25.8 Å². The van der Waals surface area contributed by atoms with E-state index < -0.39 is 0 Å². The van der Waals surface area contributed by atoms with Gasteiger partial charge in [0, 0.05) is 18.7 Å². The van der Waals surface area contributed by atoms with Crippen LogP contribution in [0.2, 0.25) is 0 Å². The smallest absolute Gasteiger partial charge is 0.238 e. The van der Waals surface area contributed by atoms with Crippen molar-refractivity contribution in [3.8, 4) is 0 Å². The first-order chi connectivity index (χ1) is 13.0. The van der Waals surface area contributed by atoms with E-state index in [1.807, 2.05) is 23.1 Å². The number of benzene rings is 1. The van der Waals surface area contributed by atoms with Crippen LogP contribution >= 0.6 is 11.8 Å². The standard InChI is InChI=1S/C20H25N3O3S/c1-14-11-18(22-26-14)21-20(25)15(2)27-13-19(24)23-10-6-9-17(23)12-16-7-4-3-5-8-16/h3-5,7-8,11,15,17H,6,9-10,12-13H2,1-2H3,(H,21,22,25). The van der Waals surface area contributed by atoms with E-state index in [-0.39, 0.29) is 23.1 Å². The summed E-state index contributed by atoms with van der Waals surface area (Å²) in [5, 5.41) is 6.12. The first-order valence-electron chi connectivity index (χ1n) is 9.22. The van der Waals surface area contributed by atoms with Crippen LogP contribution < -0.4 is 5.32 Å². The SMILES string of the molecule is Cc1cc(NC(=O)C(C)SCC(=O)N2CCCC2Cc2ccccc2)no1. The fourth-order valence-electron chi connectivity index (χ4n) is 3.27. The zero-order valence-corrected chi connectivity index (χ0v) is 16.5. The number of hydrogen-bond donors (Lipinski definition) is 1. The van der Waals surface area contributed by atoms with Crippen molar-refractivity contribution in [3.63, 3.8) is 0 Å². The highest BCUT2D eigenvalue weighted by Crippen LogP contribution is 2.23. The third kappa shape index (κ3) is 5.35. The predicted molar refractivity (Wildman–Crippen MR) is 107 cm³/mol. The van der Waals surface area contributed by atoms with Crippen LogP contribution in [-0.2, 0) is 16.0 Å². The lowest BCUT2D eigenvalue weighted by Crippen LogP contribution is -2.38. The van der Waals surface area contributed by atoms with Gasteiger partial charge in [-0.25, -0.2) is 0 Å². The van der Waals surface area contributed by atoms with Crippen LogP contribution in [-0.4, -0.2) is 45.5 Å². The van der Waals surface area contributed by atoms with Gasteiger partial charge in [0.1, 0.15) is 5.76 Å². The molecule has 6 nitrogen and oxygen atoms in total. The maximum Gasteiger partial charge on any atom is 0.238 e. The summed E-state index contributed by atoms with van der Waals surface area (Å²) in [7, 11) is 0. The lowest BCUT2D eigenvalue weighted by Gasteiger charge is -2.25. The molecule has 0 spiro atoms. The largest absolute Gasteiger partial charge is 0.360 e. The number of anilines is 1. The molecule has 1 aromatic heterocycles. The van der Waals surface area contributed by atoms with E-state index >= 15 is 0 Å². The molecule has 3 rings (SSSR count). The van der Waals surface area contributed by atoms with Gasteiger partial charge in [0.15, 0.2) is 5.82 Å². The second-order valence-corrected chi connectivity index (χ2v) is 8.17. The number of rotatable bonds is 7. The molecular weight excluding hydrogens is 362 g/mol. The maximum absolute atomic E-state index is 12.7. The van der Waals surface area contributed by atoms with Gasteiger partial charge in [-0.05, 0) is 38.7 Å². The summed E-state index contributed by atoms with van der Waals surface area (Å²) in [6.45, 7) is 4.36. The topological polar surface area (TPSA) is 75.4 Å². The van der Waals surface area contributed by atoms with Crippen molar-refractivity contribution in [1.29, 1.82) is 0 Å². The highest BCUT2D eigenvalue weighted by atomic mass is 32.2. The number of carbonyl (C=O) groups is 2. The van der Waals surface area contributed by atoms with Crippen molar-refractivity contribution in [3.05, 3.63) is 47.7 Å². The average Bonchev–Trinajstić information content (AvgIpc) is 3.29. The summed E-state index contributed by atoms with van der Waals surface area (Å²) in [5.74, 6) is 1.27. The Morgan fingerprint density at radius 2 is 2.15 bits per heavy atom. The number of amides is 2. The van der Waals surface area contributed by atoms with Gasteiger partial charge in [0.05, 0.1) is 11.0 Å². The molecule has 2 amide bonds. The van der Waals surface area contributed by atoms with Crippen LogP contribution in [0.5, 0.6) is 0 Å². The third-order valence-electron chi connectivity index (χ3n) is 4.72. The Morgan fingerprint density at radius 1 is 1.37 bits per heavy atom. The van der Waals surface area contributed by atoms with E-state index in [1.54, 1.807) is 19.9 Å². The lowest BCUT2D eigenvalue weighted by atomic mass is 10.0. The minimum absolute atomic E-state index is 0.107. The van der Waals surface area contributed by atoms with E-state index in [0.29, 0.717) is 17.3 Å². The molecule has 2 unspecified atom stereocenters. The van der Waals surface area contributed by atoms with Gasteiger partial charge in [-0.2, -0.15) is 0 Å². The van der Waals surface area contributed by atoms with E-state index in [9.17, 15) is 9.59 Å². The molecule has 1 saturated heterocycles. The number of aryl methyl sites for hydroxylation is 1. The molecule has 144 valence electrons. The second-order valence-electron chi connectivity index (χ2n) is 6.84. The summed E-state index contributed by atoms with van der Waals surface area (Å²) in [6.07, 6.45) is 2.96. The van der Waals surface area contributed by atoms with E-state index in [1.165, 1.54) is 17.3 Å². The fourth-order valence-corrected chi connectivity index (χ4v) is 4.04. The number of aromatic nitrogens is 1. The molecule has 0 radical (unpaired) electrons. The monoisotopic (exact) mass is 387 g/mol. The Bertz CT molecular complexity index is 778. The Kier molecular flexibility index (Phi) is 6.55. The summed E-state index contributed by atoms with van der Waals surface area (Å²) in [4.78, 5) is 26.9. The van der Waals surface area contributed by atoms with Crippen LogP contribution in [0.15, 0.2) is 40.9 Å². The van der Waals surface area contributed by atoms with Crippen molar-refractivity contribution in [2.45, 2.75) is 44.4 Å². The molecule has 0 saturated carbocycles. The zero-order valence-electron chi connectivity index (χ0n) is 15.7. The molecule has 0 aliphatic carbocycles. The summed E-state index contributed by atoms with van der Waals surface area (Å²) in [6, 6.07) is 12.2. The van der Waals surface area contributed by atoms with Crippen LogP contribution in [0.3, 0.4) is 0 Å². The number of nitrogens with one attached hydrogen (secondary N) is 1. The van der Waals surface area contributed by atoms with Gasteiger partial charge in [0.25, 0.3) is 0 Å². The molecule has 1 aliphatic heterocycles. The minimum Gasteiger partial charge on any atom is -0.360 e. The van der Waals surface area contributed by atoms with Crippen LogP contribution in [0.1, 0.15) is 31.1 Å². The second kappa shape index (κ2) is 9.08. The number of thioether (sulfide) groups is 1. The average molecular weight is 388 g/mol. The van der Waals surface area contributed by atoms with E-state index in [4.69, 9.17) is 4.52 Å². The quantitative estimate of drug-likeness (QED) is 0.789. The highest BCUT2D eigenvalue weighted by Gasteiger charge is 2.29. The Balaban J connectivity index is 1.48. The molecule has 1 fully saturated rings. The highest BCUT2D eigenvalue weighted by molar-refractivity contribution is 8.01. The third-order valence-corrected chi connectivity index (χ3v) is 5.84. The van der Waals surface area contributed by atoms with Crippen LogP contribution in [0, 0.1) is 6.92 Å². The first kappa shape index (κ1) is 19.5. The van der Waals surface area contributed by atoms with Crippen molar-refractivity contribution in [1.82, 2.24) is 10.1 Å². The van der Waals surface area contributed by atoms with Crippen molar-refractivity contribution in [2.24, 2.45) is 0 Å². The Labute approximate surface area is 163 Å². The van der Waals surface area contributed by atoms with Crippen LogP contribution in [0.4, 0.5) is 5.82 Å². The number of carbonyl (C=O) groups excluding carboxylic acids is 2. The van der Waals surface area contributed by atoms with Gasteiger partial charge < -0.3 is 14.7 Å². The zero-order chi connectivity index (χ0) is 19.2. The van der Waals surface area contributed by atoms with Gasteiger partial charge in [-0.1, -0.05) is 35.5 Å². The molecular formula is C20H25N3O3S. The summed E-state index contributed by atoms with van der Waals surface area (Å²) < 4.78 is 4.94. The van der Waals surface area contributed by atoms with Gasteiger partial charge in [0.2, 0.25) is 11.8 Å². The molecule has 1 N–H and O–H groups in total. The molecule has 2 atom stereocenters. The predicted octanol–water partition coefficient (Wildman–Crippen LogP) is 3.28. The molecule has 0 bridgehead atoms. The van der Waals surface area contributed by atoms with Crippen molar-refractivity contribution >= 4 is 29.4 Å². The normalized spacial score (nSPS) is 17.7. The maximum atomic E-state index is 12.7. The number of hydrogen-bond acceptors (Lipinski definition) is 5. The minimum atomic E-state index is -0.346. The van der Waals surface area contributed by atoms with Crippen molar-refractivity contribution in [2.75, 3.05) is 17.6 Å². The molecule has 2 heterocycles. The molecule has 1 aliphatic rings. The number of likely N-dealkylation sites (tertiary alicyclic amines) is 1. The Morgan fingerprint density at radius 3 is 2.85 bits per heavy atom. The molecule has 2 aromatic rings. The van der Waals surface area contributed by atoms with Crippen molar-refractivity contribution < 1.29 is 14.1 Å². The fraction of sp³-hybridized carbons (Fsp3) is 0.450. The van der Waals surface area contributed by atoms with Gasteiger partial charge in [-0.3, -0.25) is 9.59 Å².